The van der Waals surface area contributed by atoms with Gasteiger partial charge in [-0.3, -0.25) is 0 Å². The van der Waals surface area contributed by atoms with Crippen molar-refractivity contribution in [2.24, 2.45) is 0 Å². The predicted octanol–water partition coefficient (Wildman–Crippen LogP) is -1.56. The van der Waals surface area contributed by atoms with Gasteiger partial charge in [-0.2, -0.15) is 0 Å². The summed E-state index contributed by atoms with van der Waals surface area (Å²) in [6.45, 7) is 0. The molecule has 0 N–H and O–H groups in total. The van der Waals surface area contributed by atoms with E-state index < -0.39 is 39.4 Å². The van der Waals surface area contributed by atoms with Gasteiger partial charge in [0.2, 0.25) is 0 Å². The summed E-state index contributed by atoms with van der Waals surface area (Å²) in [7, 11) is -18.6. The monoisotopic (exact) mass is 452 g/mol. The first-order chi connectivity index (χ1) is 8.36. The number of benzene rings is 1. The summed E-state index contributed by atoms with van der Waals surface area (Å²) in [4.78, 5) is -6.53. The van der Waals surface area contributed by atoms with Crippen molar-refractivity contribution in [3.63, 3.8) is 0 Å². The molecule has 1 aromatic carbocycles. The molecule has 1 rings (SSSR count). The maximum Gasteiger partial charge on any atom is 3.00 e. The third kappa shape index (κ3) is 3.10. The van der Waals surface area contributed by atoms with Crippen LogP contribution in [0.2, 0.25) is 0 Å². The second kappa shape index (κ2) is 6.01. The zero-order valence-corrected chi connectivity index (χ0v) is 14.2. The van der Waals surface area contributed by atoms with Crippen LogP contribution < -0.4 is 5.30 Å². The molecule has 20 heavy (non-hydrogen) atoms. The van der Waals surface area contributed by atoms with Crippen molar-refractivity contribution in [3.8, 4) is 0 Å². The van der Waals surface area contributed by atoms with E-state index in [9.17, 15) is 38.9 Å². The van der Waals surface area contributed by atoms with E-state index in [-0.39, 0.29) is 19.5 Å². The molecule has 0 radical (unpaired) electrons. The second-order valence-electron chi connectivity index (χ2n) is 3.28. The molecule has 0 spiro atoms. The van der Waals surface area contributed by atoms with Crippen LogP contribution in [0.5, 0.6) is 0 Å². The first kappa shape index (κ1) is 20.0. The molecule has 0 unspecified atom stereocenters. The quantitative estimate of drug-likeness (QED) is 0.298. The van der Waals surface area contributed by atoms with E-state index in [1.54, 1.807) is 0 Å². The molecule has 0 atom stereocenters. The molecule has 0 fully saturated rings. The Balaban J connectivity index is 0.00000361. The van der Waals surface area contributed by atoms with Crippen molar-refractivity contribution >= 4 is 39.4 Å². The third-order valence-electron chi connectivity index (χ3n) is 2.11. The Labute approximate surface area is 128 Å². The van der Waals surface area contributed by atoms with Gasteiger partial charge in [-0.25, -0.2) is 0 Å². The standard InChI is InChI=1S/C6H9O9PS3.Rh/c7-17(8,9)16(18(10,11)12,19(13,14)15)6-4-2-1-3-5-6;/h1-5,16H,(H,7,8,9)(H,10,11,12)(H,13,14,15);/q;+3/p-3. The molecule has 0 saturated carbocycles. The number of hydrogen-bond acceptors (Lipinski definition) is 9. The van der Waals surface area contributed by atoms with E-state index in [2.05, 4.69) is 0 Å². The minimum absolute atomic E-state index is 0. The van der Waals surface area contributed by atoms with Crippen LogP contribution in [0.25, 0.3) is 0 Å². The van der Waals surface area contributed by atoms with Gasteiger partial charge in [0, 0.05) is 0 Å². The fraction of sp³-hybridized carbons (Fsp3) is 0. The molecule has 0 heterocycles. The second-order valence-corrected chi connectivity index (χ2v) is 20.0. The largest absolute Gasteiger partial charge is 3.00 e. The van der Waals surface area contributed by atoms with Crippen LogP contribution in [0, 0.1) is 0 Å². The summed E-state index contributed by atoms with van der Waals surface area (Å²) in [5.41, 5.74) is 0. The average molecular weight is 452 g/mol. The average Bonchev–Trinajstić information content (AvgIpc) is 2.12. The Morgan fingerprint density at radius 3 is 1.25 bits per heavy atom. The van der Waals surface area contributed by atoms with Crippen molar-refractivity contribution in [2.75, 3.05) is 0 Å². The molecular weight excluding hydrogens is 446 g/mol. The molecule has 0 amide bonds. The molecule has 0 aliphatic rings. The number of hydrogen-bond donors (Lipinski definition) is 0. The molecule has 1 aromatic rings. The van der Waals surface area contributed by atoms with E-state index in [1.807, 2.05) is 0 Å². The maximum atomic E-state index is 11.1. The summed E-state index contributed by atoms with van der Waals surface area (Å²) >= 11 is 0. The minimum atomic E-state index is -6.53. The molecule has 9 nitrogen and oxygen atoms in total. The Kier molecular flexibility index (Phi) is 6.01. The SMILES string of the molecule is O=S(=O)([O-])[PH](c1ccccc1)(S(=O)(=O)[O-])S(=O)(=O)[O-].[Rh+3]. The molecule has 0 aliphatic heterocycles. The first-order valence-electron chi connectivity index (χ1n) is 4.27. The Morgan fingerprint density at radius 2 is 1.00 bits per heavy atom. The topological polar surface area (TPSA) is 172 Å². The fourth-order valence-corrected chi connectivity index (χ4v) is 16.5. The van der Waals surface area contributed by atoms with Gasteiger partial charge in [0.25, 0.3) is 0 Å². The molecular formula is C6H6O9PRhS3. The van der Waals surface area contributed by atoms with Gasteiger partial charge in [-0.05, 0) is 0 Å². The van der Waals surface area contributed by atoms with Crippen molar-refractivity contribution in [1.82, 2.24) is 0 Å². The summed E-state index contributed by atoms with van der Waals surface area (Å²) in [6, 6.07) is 4.51. The Bertz CT molecular complexity index is 705. The minimum Gasteiger partial charge on any atom is 3.00 e. The maximum absolute atomic E-state index is 11.1. The van der Waals surface area contributed by atoms with Gasteiger partial charge in [0.05, 0.1) is 0 Å². The fourth-order valence-electron chi connectivity index (χ4n) is 1.45. The van der Waals surface area contributed by atoms with E-state index in [0.29, 0.717) is 12.1 Å². The molecule has 0 aromatic heterocycles. The van der Waals surface area contributed by atoms with Crippen LogP contribution in [-0.4, -0.2) is 38.9 Å². The van der Waals surface area contributed by atoms with Gasteiger partial charge < -0.3 is 0 Å². The van der Waals surface area contributed by atoms with Gasteiger partial charge >= 0.3 is 128 Å². The van der Waals surface area contributed by atoms with Crippen LogP contribution >= 0.6 is 4.87 Å². The van der Waals surface area contributed by atoms with Crippen LogP contribution in [0.15, 0.2) is 30.3 Å². The summed E-state index contributed by atoms with van der Waals surface area (Å²) in [5.74, 6) is 0. The van der Waals surface area contributed by atoms with Gasteiger partial charge in [0.15, 0.2) is 0 Å². The Morgan fingerprint density at radius 1 is 0.700 bits per heavy atom. The summed E-state index contributed by atoms with van der Waals surface area (Å²) < 4.78 is 99.9. The molecule has 116 valence electrons. The molecule has 0 saturated heterocycles. The third-order valence-corrected chi connectivity index (χ3v) is 24.2. The zero-order valence-electron chi connectivity index (χ0n) is 9.12. The van der Waals surface area contributed by atoms with Crippen LogP contribution in [-0.2, 0) is 48.7 Å². The van der Waals surface area contributed by atoms with E-state index in [4.69, 9.17) is 0 Å². The smallest absolute Gasteiger partial charge is 3.00 e. The number of rotatable bonds is 4. The van der Waals surface area contributed by atoms with Gasteiger partial charge in [-0.1, -0.05) is 0 Å². The molecule has 0 bridgehead atoms. The van der Waals surface area contributed by atoms with E-state index in [1.165, 1.54) is 6.07 Å². The van der Waals surface area contributed by atoms with Gasteiger partial charge in [-0.15, -0.1) is 0 Å². The summed E-state index contributed by atoms with van der Waals surface area (Å²) in [6.07, 6.45) is 0. The zero-order chi connectivity index (χ0) is 15.1. The molecule has 14 heteroatoms. The van der Waals surface area contributed by atoms with Crippen molar-refractivity contribution in [2.45, 2.75) is 0 Å². The normalized spacial score (nSPS) is 14.3. The van der Waals surface area contributed by atoms with Crippen molar-refractivity contribution in [1.29, 1.82) is 0 Å². The van der Waals surface area contributed by atoms with Crippen LogP contribution in [0.1, 0.15) is 0 Å². The van der Waals surface area contributed by atoms with Crippen LogP contribution in [0.3, 0.4) is 0 Å². The van der Waals surface area contributed by atoms with E-state index >= 15 is 0 Å². The molecule has 0 aliphatic carbocycles. The van der Waals surface area contributed by atoms with Crippen LogP contribution in [0.4, 0.5) is 0 Å². The van der Waals surface area contributed by atoms with E-state index in [0.717, 1.165) is 12.1 Å². The summed E-state index contributed by atoms with van der Waals surface area (Å²) in [5, 5.41) is -1.10. The van der Waals surface area contributed by atoms with Crippen molar-refractivity contribution < 1.29 is 58.4 Å². The first-order valence-corrected chi connectivity index (χ1v) is 12.7. The Hall–Kier alpha value is 0.00338. The van der Waals surface area contributed by atoms with Gasteiger partial charge in [0.1, 0.15) is 0 Å². The van der Waals surface area contributed by atoms with Crippen molar-refractivity contribution in [3.05, 3.63) is 30.3 Å². The predicted molar refractivity (Wildman–Crippen MR) is 63.5 cm³/mol.